The average Bonchev–Trinajstić information content (AvgIpc) is 2.87. The van der Waals surface area contributed by atoms with Crippen molar-refractivity contribution in [1.29, 1.82) is 0 Å². The van der Waals surface area contributed by atoms with Crippen LogP contribution in [0.2, 0.25) is 0 Å². The number of fused-ring (bicyclic) bond motifs is 1. The van der Waals surface area contributed by atoms with Crippen molar-refractivity contribution in [3.8, 4) is 0 Å². The smallest absolute Gasteiger partial charge is 0.318 e. The third-order valence-electron chi connectivity index (χ3n) is 4.19. The molecule has 2 N–H and O–H groups in total. The van der Waals surface area contributed by atoms with Crippen LogP contribution in [0, 0.1) is 5.92 Å². The maximum atomic E-state index is 12.7. The molecule has 0 aromatic carbocycles. The number of hydrogen-bond acceptors (Lipinski definition) is 3. The van der Waals surface area contributed by atoms with Gasteiger partial charge in [0.05, 0.1) is 12.5 Å². The van der Waals surface area contributed by atoms with Gasteiger partial charge in [-0.2, -0.15) is 0 Å². The van der Waals surface area contributed by atoms with Crippen LogP contribution in [0.5, 0.6) is 0 Å². The summed E-state index contributed by atoms with van der Waals surface area (Å²) in [6.07, 6.45) is 3.56. The zero-order valence-corrected chi connectivity index (χ0v) is 14.0. The summed E-state index contributed by atoms with van der Waals surface area (Å²) in [5.74, 6) is -0.0367. The van der Waals surface area contributed by atoms with E-state index >= 15 is 0 Å². The fraction of sp³-hybridized carbons (Fsp3) is 0.875. The molecule has 2 aliphatic rings. The fourth-order valence-electron chi connectivity index (χ4n) is 3.25. The Hall–Kier alpha value is -1.30. The molecular weight excluding hydrogens is 282 g/mol. The van der Waals surface area contributed by atoms with Crippen LogP contribution in [0.4, 0.5) is 4.79 Å². The number of nitrogens with zero attached hydrogens (tertiary/aromatic N) is 1. The van der Waals surface area contributed by atoms with Gasteiger partial charge in [-0.1, -0.05) is 6.42 Å². The van der Waals surface area contributed by atoms with E-state index in [1.165, 1.54) is 0 Å². The van der Waals surface area contributed by atoms with E-state index in [-0.39, 0.29) is 29.4 Å². The Labute approximate surface area is 132 Å². The van der Waals surface area contributed by atoms with Crippen molar-refractivity contribution < 1.29 is 14.3 Å². The van der Waals surface area contributed by atoms with E-state index < -0.39 is 0 Å². The molecule has 2 unspecified atom stereocenters. The quantitative estimate of drug-likeness (QED) is 0.712. The molecule has 0 radical (unpaired) electrons. The first-order valence-electron chi connectivity index (χ1n) is 8.33. The lowest BCUT2D eigenvalue weighted by Gasteiger charge is -2.35. The molecule has 6 heteroatoms. The van der Waals surface area contributed by atoms with Gasteiger partial charge in [0.25, 0.3) is 0 Å². The largest absolute Gasteiger partial charge is 0.380 e. The van der Waals surface area contributed by atoms with Gasteiger partial charge in [-0.15, -0.1) is 0 Å². The predicted octanol–water partition coefficient (Wildman–Crippen LogP) is 1.50. The van der Waals surface area contributed by atoms with Crippen LogP contribution in [-0.4, -0.2) is 54.7 Å². The van der Waals surface area contributed by atoms with E-state index in [2.05, 4.69) is 10.6 Å². The maximum Gasteiger partial charge on any atom is 0.318 e. The molecule has 6 nitrogen and oxygen atoms in total. The Morgan fingerprint density at radius 1 is 1.27 bits per heavy atom. The molecule has 0 bridgehead atoms. The lowest BCUT2D eigenvalue weighted by molar-refractivity contribution is -0.126. The summed E-state index contributed by atoms with van der Waals surface area (Å²) in [5.41, 5.74) is -0.282. The molecule has 2 rings (SSSR count). The third kappa shape index (κ3) is 4.60. The number of carbonyl (C=O) groups is 2. The number of urea groups is 1. The summed E-state index contributed by atoms with van der Waals surface area (Å²) in [6, 6.07) is -0.0723. The number of rotatable bonds is 0. The first kappa shape index (κ1) is 17.1. The highest BCUT2D eigenvalue weighted by atomic mass is 16.5. The van der Waals surface area contributed by atoms with Crippen LogP contribution in [0.3, 0.4) is 0 Å². The lowest BCUT2D eigenvalue weighted by atomic mass is 10.0. The van der Waals surface area contributed by atoms with Crippen LogP contribution >= 0.6 is 0 Å². The van der Waals surface area contributed by atoms with Crippen LogP contribution in [0.15, 0.2) is 0 Å². The number of nitrogens with one attached hydrogen (secondary N) is 2. The summed E-state index contributed by atoms with van der Waals surface area (Å²) in [6.45, 7) is 8.26. The standard InChI is InChI=1S/C16H29N3O3/c1-16(2,3)18-15(21)19-9-5-10-22-11-8-17-14(20)12-6-4-7-13(12)19/h12-13H,4-11H2,1-3H3,(H,17,20)(H,18,21). The fourth-order valence-corrected chi connectivity index (χ4v) is 3.25. The van der Waals surface area contributed by atoms with E-state index in [1.54, 1.807) is 0 Å². The molecule has 1 aliphatic carbocycles. The summed E-state index contributed by atoms with van der Waals surface area (Å²) in [4.78, 5) is 26.9. The minimum atomic E-state index is -0.282. The van der Waals surface area contributed by atoms with Crippen molar-refractivity contribution in [2.24, 2.45) is 5.92 Å². The normalized spacial score (nSPS) is 27.6. The minimum Gasteiger partial charge on any atom is -0.380 e. The Morgan fingerprint density at radius 3 is 2.77 bits per heavy atom. The van der Waals surface area contributed by atoms with Crippen LogP contribution in [0.1, 0.15) is 46.5 Å². The second kappa shape index (κ2) is 7.31. The molecule has 3 amide bonds. The first-order valence-corrected chi connectivity index (χ1v) is 8.33. The van der Waals surface area contributed by atoms with Crippen LogP contribution < -0.4 is 10.6 Å². The van der Waals surface area contributed by atoms with E-state index in [1.807, 2.05) is 25.7 Å². The second-order valence-electron chi connectivity index (χ2n) is 7.24. The van der Waals surface area contributed by atoms with E-state index in [0.717, 1.165) is 25.7 Å². The zero-order chi connectivity index (χ0) is 16.2. The van der Waals surface area contributed by atoms with E-state index in [9.17, 15) is 9.59 Å². The third-order valence-corrected chi connectivity index (χ3v) is 4.19. The molecule has 1 saturated heterocycles. The van der Waals surface area contributed by atoms with Gasteiger partial charge < -0.3 is 20.3 Å². The SMILES string of the molecule is CC(C)(C)NC(=O)N1CCCOCCNC(=O)C2CCCC21. The highest BCUT2D eigenvalue weighted by Gasteiger charge is 2.39. The average molecular weight is 311 g/mol. The summed E-state index contributed by atoms with van der Waals surface area (Å²) in [7, 11) is 0. The Kier molecular flexibility index (Phi) is 5.67. The second-order valence-corrected chi connectivity index (χ2v) is 7.24. The number of hydrogen-bond donors (Lipinski definition) is 2. The van der Waals surface area contributed by atoms with E-state index in [4.69, 9.17) is 4.74 Å². The van der Waals surface area contributed by atoms with Crippen molar-refractivity contribution in [2.45, 2.75) is 58.0 Å². The lowest BCUT2D eigenvalue weighted by Crippen LogP contribution is -2.54. The molecule has 2 fully saturated rings. The molecule has 1 heterocycles. The maximum absolute atomic E-state index is 12.7. The summed E-state index contributed by atoms with van der Waals surface area (Å²) in [5, 5.41) is 5.97. The molecule has 2 atom stereocenters. The van der Waals surface area contributed by atoms with Gasteiger partial charge in [-0.05, 0) is 40.0 Å². The predicted molar refractivity (Wildman–Crippen MR) is 84.6 cm³/mol. The first-order chi connectivity index (χ1) is 10.4. The molecule has 1 saturated carbocycles. The molecule has 0 aromatic rings. The van der Waals surface area contributed by atoms with Crippen LogP contribution in [-0.2, 0) is 9.53 Å². The van der Waals surface area contributed by atoms with Gasteiger partial charge in [0, 0.05) is 31.3 Å². The molecule has 0 aromatic heterocycles. The Morgan fingerprint density at radius 2 is 2.05 bits per heavy atom. The van der Waals surface area contributed by atoms with E-state index in [0.29, 0.717) is 26.3 Å². The monoisotopic (exact) mass is 311 g/mol. The zero-order valence-electron chi connectivity index (χ0n) is 14.0. The molecule has 1 aliphatic heterocycles. The van der Waals surface area contributed by atoms with Crippen molar-refractivity contribution in [1.82, 2.24) is 15.5 Å². The minimum absolute atomic E-state index is 0.000417. The van der Waals surface area contributed by atoms with Gasteiger partial charge in [0.2, 0.25) is 5.91 Å². The molecular formula is C16H29N3O3. The topological polar surface area (TPSA) is 70.7 Å². The van der Waals surface area contributed by atoms with Crippen LogP contribution in [0.25, 0.3) is 0 Å². The number of carbonyl (C=O) groups excluding carboxylic acids is 2. The van der Waals surface area contributed by atoms with Crippen molar-refractivity contribution in [3.05, 3.63) is 0 Å². The van der Waals surface area contributed by atoms with Gasteiger partial charge in [0.1, 0.15) is 0 Å². The highest BCUT2D eigenvalue weighted by Crippen LogP contribution is 2.31. The molecule has 22 heavy (non-hydrogen) atoms. The van der Waals surface area contributed by atoms with Gasteiger partial charge in [0.15, 0.2) is 0 Å². The highest BCUT2D eigenvalue weighted by molar-refractivity contribution is 5.81. The molecule has 0 spiro atoms. The number of amides is 3. The van der Waals surface area contributed by atoms with Gasteiger partial charge in [-0.25, -0.2) is 4.79 Å². The van der Waals surface area contributed by atoms with Crippen molar-refractivity contribution in [2.75, 3.05) is 26.3 Å². The molecule has 126 valence electrons. The summed E-state index contributed by atoms with van der Waals surface area (Å²) < 4.78 is 5.49. The Balaban J connectivity index is 2.14. The summed E-state index contributed by atoms with van der Waals surface area (Å²) >= 11 is 0. The Bertz CT molecular complexity index is 406. The number of ether oxygens (including phenoxy) is 1. The van der Waals surface area contributed by atoms with Gasteiger partial charge >= 0.3 is 6.03 Å². The van der Waals surface area contributed by atoms with Crippen molar-refractivity contribution >= 4 is 11.9 Å². The van der Waals surface area contributed by atoms with Crippen molar-refractivity contribution in [3.63, 3.8) is 0 Å². The van der Waals surface area contributed by atoms with Gasteiger partial charge in [-0.3, -0.25) is 4.79 Å².